The minimum atomic E-state index is -0.258. The Bertz CT molecular complexity index is 424. The zero-order chi connectivity index (χ0) is 11.9. The predicted molar refractivity (Wildman–Crippen MR) is 69.1 cm³/mol. The Morgan fingerprint density at radius 2 is 1.94 bits per heavy atom. The summed E-state index contributed by atoms with van der Waals surface area (Å²) >= 11 is 5.95. The van der Waals surface area contributed by atoms with Gasteiger partial charge in [0.15, 0.2) is 0 Å². The number of hydrogen-bond donors (Lipinski definition) is 0. The van der Waals surface area contributed by atoms with Crippen LogP contribution < -0.4 is 0 Å². The van der Waals surface area contributed by atoms with Crippen molar-refractivity contribution < 1.29 is 4.79 Å². The maximum Gasteiger partial charge on any atom is 0.228 e. The second-order valence-electron chi connectivity index (χ2n) is 5.51. The number of carbonyl (C=O) groups is 1. The van der Waals surface area contributed by atoms with Crippen LogP contribution >= 0.6 is 11.6 Å². The number of benzene rings is 1. The van der Waals surface area contributed by atoms with Crippen molar-refractivity contribution in [3.63, 3.8) is 0 Å². The fraction of sp³-hybridized carbons (Fsp3) is 0.533. The summed E-state index contributed by atoms with van der Waals surface area (Å²) in [6.07, 6.45) is 5.54. The molecule has 0 N–H and O–H groups in total. The highest BCUT2D eigenvalue weighted by atomic mass is 35.5. The van der Waals surface area contributed by atoms with Crippen molar-refractivity contribution in [1.29, 1.82) is 0 Å². The summed E-state index contributed by atoms with van der Waals surface area (Å²) in [4.78, 5) is 11.9. The molecule has 3 unspecified atom stereocenters. The van der Waals surface area contributed by atoms with E-state index in [1.54, 1.807) is 0 Å². The summed E-state index contributed by atoms with van der Waals surface area (Å²) in [6.45, 7) is 0. The van der Waals surface area contributed by atoms with Crippen LogP contribution in [-0.4, -0.2) is 5.24 Å². The highest BCUT2D eigenvalue weighted by molar-refractivity contribution is 6.64. The van der Waals surface area contributed by atoms with E-state index in [4.69, 9.17) is 11.6 Å². The summed E-state index contributed by atoms with van der Waals surface area (Å²) in [5, 5.41) is -0.103. The largest absolute Gasteiger partial charge is 0.281 e. The van der Waals surface area contributed by atoms with Gasteiger partial charge in [0.05, 0.1) is 5.41 Å². The van der Waals surface area contributed by atoms with Crippen molar-refractivity contribution in [2.24, 2.45) is 11.3 Å². The predicted octanol–water partition coefficient (Wildman–Crippen LogP) is 4.12. The Balaban J connectivity index is 2.05. The van der Waals surface area contributed by atoms with E-state index >= 15 is 0 Å². The molecule has 0 amide bonds. The molecule has 2 aliphatic carbocycles. The summed E-state index contributed by atoms with van der Waals surface area (Å²) in [5.74, 6) is 1.02. The van der Waals surface area contributed by atoms with Crippen LogP contribution in [0.5, 0.6) is 0 Å². The van der Waals surface area contributed by atoms with Gasteiger partial charge in [0, 0.05) is 5.92 Å². The molecule has 0 aromatic heterocycles. The molecule has 3 rings (SSSR count). The van der Waals surface area contributed by atoms with E-state index in [1.807, 2.05) is 6.07 Å². The van der Waals surface area contributed by atoms with Crippen molar-refractivity contribution in [2.45, 2.75) is 38.0 Å². The van der Waals surface area contributed by atoms with Crippen LogP contribution in [0.2, 0.25) is 0 Å². The molecule has 2 fully saturated rings. The Hall–Kier alpha value is -0.820. The van der Waals surface area contributed by atoms with Crippen LogP contribution in [0.1, 0.15) is 43.6 Å². The van der Waals surface area contributed by atoms with Crippen LogP contribution in [0, 0.1) is 11.3 Å². The van der Waals surface area contributed by atoms with E-state index in [0.29, 0.717) is 11.8 Å². The molecule has 2 heteroatoms. The lowest BCUT2D eigenvalue weighted by Crippen LogP contribution is -2.35. The second kappa shape index (κ2) is 4.13. The van der Waals surface area contributed by atoms with Gasteiger partial charge in [0.2, 0.25) is 5.24 Å². The normalized spacial score (nSPS) is 35.8. The average Bonchev–Trinajstić information content (AvgIpc) is 2.58. The zero-order valence-electron chi connectivity index (χ0n) is 9.86. The van der Waals surface area contributed by atoms with E-state index in [-0.39, 0.29) is 10.7 Å². The van der Waals surface area contributed by atoms with Crippen molar-refractivity contribution in [3.8, 4) is 0 Å². The highest BCUT2D eigenvalue weighted by Gasteiger charge is 2.54. The van der Waals surface area contributed by atoms with Gasteiger partial charge in [-0.25, -0.2) is 0 Å². The molecule has 0 aliphatic heterocycles. The maximum absolute atomic E-state index is 11.9. The minimum absolute atomic E-state index is 0.103. The van der Waals surface area contributed by atoms with Crippen molar-refractivity contribution >= 4 is 16.8 Å². The van der Waals surface area contributed by atoms with Gasteiger partial charge in [-0.2, -0.15) is 0 Å². The second-order valence-corrected chi connectivity index (χ2v) is 5.85. The standard InChI is InChI=1S/C15H17ClO/c16-14(17)15-9-4-7-12(8-10-15)13(15)11-5-2-1-3-6-11/h1-3,5-6,12-13H,4,7-10H2. The highest BCUT2D eigenvalue weighted by Crippen LogP contribution is 2.61. The molecule has 17 heavy (non-hydrogen) atoms. The first-order chi connectivity index (χ1) is 8.24. The van der Waals surface area contributed by atoms with Crippen molar-refractivity contribution in [3.05, 3.63) is 35.9 Å². The molecular formula is C15H17ClO. The summed E-state index contributed by atoms with van der Waals surface area (Å²) < 4.78 is 0. The molecule has 0 heterocycles. The number of carbonyl (C=O) groups excluding carboxylic acids is 1. The number of fused-ring (bicyclic) bond motifs is 2. The maximum atomic E-state index is 11.9. The smallest absolute Gasteiger partial charge is 0.228 e. The summed E-state index contributed by atoms with van der Waals surface area (Å²) in [6, 6.07) is 10.5. The van der Waals surface area contributed by atoms with E-state index in [1.165, 1.54) is 12.0 Å². The average molecular weight is 249 g/mol. The monoisotopic (exact) mass is 248 g/mol. The van der Waals surface area contributed by atoms with Gasteiger partial charge in [-0.1, -0.05) is 36.8 Å². The third-order valence-electron chi connectivity index (χ3n) is 4.78. The lowest BCUT2D eigenvalue weighted by Gasteiger charge is -2.39. The van der Waals surface area contributed by atoms with E-state index in [2.05, 4.69) is 24.3 Å². The quantitative estimate of drug-likeness (QED) is 0.720. The Kier molecular flexibility index (Phi) is 2.74. The fourth-order valence-corrected chi connectivity index (χ4v) is 4.36. The van der Waals surface area contributed by atoms with Crippen molar-refractivity contribution in [2.75, 3.05) is 0 Å². The minimum Gasteiger partial charge on any atom is -0.281 e. The zero-order valence-corrected chi connectivity index (χ0v) is 10.6. The fourth-order valence-electron chi connectivity index (χ4n) is 4.06. The third-order valence-corrected chi connectivity index (χ3v) is 5.15. The van der Waals surface area contributed by atoms with Gasteiger partial charge in [-0.05, 0) is 48.8 Å². The topological polar surface area (TPSA) is 17.1 Å². The molecule has 1 nitrogen and oxygen atoms in total. The first-order valence-electron chi connectivity index (χ1n) is 6.49. The van der Waals surface area contributed by atoms with Crippen LogP contribution in [0.15, 0.2) is 30.3 Å². The van der Waals surface area contributed by atoms with Crippen LogP contribution in [0.4, 0.5) is 0 Å². The molecule has 0 saturated heterocycles. The molecule has 2 saturated carbocycles. The van der Waals surface area contributed by atoms with Crippen LogP contribution in [-0.2, 0) is 4.79 Å². The molecule has 2 aliphatic rings. The first-order valence-corrected chi connectivity index (χ1v) is 6.87. The number of rotatable bonds is 2. The molecule has 90 valence electrons. The molecule has 1 aromatic carbocycles. The van der Waals surface area contributed by atoms with Crippen molar-refractivity contribution in [1.82, 2.24) is 0 Å². The molecular weight excluding hydrogens is 232 g/mol. The van der Waals surface area contributed by atoms with E-state index in [9.17, 15) is 4.79 Å². The lowest BCUT2D eigenvalue weighted by molar-refractivity contribution is -0.122. The van der Waals surface area contributed by atoms with Gasteiger partial charge in [-0.15, -0.1) is 0 Å². The SMILES string of the molecule is O=C(Cl)C12CCCC(CC1)C2c1ccccc1. The Morgan fingerprint density at radius 3 is 2.65 bits per heavy atom. The Morgan fingerprint density at radius 1 is 1.18 bits per heavy atom. The lowest BCUT2D eigenvalue weighted by atomic mass is 9.65. The van der Waals surface area contributed by atoms with Gasteiger partial charge in [0.1, 0.15) is 0 Å². The molecule has 0 spiro atoms. The van der Waals surface area contributed by atoms with E-state index < -0.39 is 0 Å². The first kappa shape index (κ1) is 11.3. The van der Waals surface area contributed by atoms with Gasteiger partial charge in [-0.3, -0.25) is 4.79 Å². The molecule has 2 bridgehead atoms. The summed E-state index contributed by atoms with van der Waals surface area (Å²) in [5.41, 5.74) is 1.05. The van der Waals surface area contributed by atoms with Crippen LogP contribution in [0.3, 0.4) is 0 Å². The van der Waals surface area contributed by atoms with Gasteiger partial charge < -0.3 is 0 Å². The molecule has 3 atom stereocenters. The third kappa shape index (κ3) is 1.63. The van der Waals surface area contributed by atoms with E-state index in [0.717, 1.165) is 25.7 Å². The molecule has 1 aromatic rings. The molecule has 0 radical (unpaired) electrons. The van der Waals surface area contributed by atoms with Gasteiger partial charge >= 0.3 is 0 Å². The summed E-state index contributed by atoms with van der Waals surface area (Å²) in [7, 11) is 0. The Labute approximate surface area is 107 Å². The number of halogens is 1. The number of hydrogen-bond acceptors (Lipinski definition) is 1. The van der Waals surface area contributed by atoms with Gasteiger partial charge in [0.25, 0.3) is 0 Å². The van der Waals surface area contributed by atoms with Crippen LogP contribution in [0.25, 0.3) is 0 Å².